The Morgan fingerprint density at radius 1 is 1.27 bits per heavy atom. The van der Waals surface area contributed by atoms with Gasteiger partial charge in [0.15, 0.2) is 0 Å². The van der Waals surface area contributed by atoms with Crippen LogP contribution < -0.4 is 5.32 Å². The van der Waals surface area contributed by atoms with Crippen molar-refractivity contribution in [1.82, 2.24) is 10.3 Å². The van der Waals surface area contributed by atoms with Crippen LogP contribution in [0.3, 0.4) is 0 Å². The molecule has 0 aliphatic rings. The number of para-hydroxylation sites is 1. The molecule has 1 aromatic heterocycles. The minimum absolute atomic E-state index is 0.0921. The number of hydrogen-bond acceptors (Lipinski definition) is 3. The molecular formula is C18H24N2O2. The lowest BCUT2D eigenvalue weighted by molar-refractivity contribution is 0.0950. The Kier molecular flexibility index (Phi) is 5.14. The van der Waals surface area contributed by atoms with E-state index < -0.39 is 0 Å². The number of aryl methyl sites for hydroxylation is 1. The van der Waals surface area contributed by atoms with E-state index in [0.717, 1.165) is 29.4 Å². The van der Waals surface area contributed by atoms with Gasteiger partial charge in [-0.3, -0.25) is 9.78 Å². The van der Waals surface area contributed by atoms with Crippen molar-refractivity contribution in [3.63, 3.8) is 0 Å². The number of pyridine rings is 1. The van der Waals surface area contributed by atoms with Gasteiger partial charge in [0.2, 0.25) is 0 Å². The quantitative estimate of drug-likeness (QED) is 0.806. The van der Waals surface area contributed by atoms with E-state index in [0.29, 0.717) is 12.1 Å². The average Bonchev–Trinajstić information content (AvgIpc) is 2.50. The van der Waals surface area contributed by atoms with Gasteiger partial charge in [-0.25, -0.2) is 0 Å². The molecule has 0 atom stereocenters. The van der Waals surface area contributed by atoms with Gasteiger partial charge >= 0.3 is 0 Å². The maximum atomic E-state index is 12.4. The fourth-order valence-electron chi connectivity index (χ4n) is 2.37. The van der Waals surface area contributed by atoms with E-state index in [9.17, 15) is 9.90 Å². The number of hydrogen-bond donors (Lipinski definition) is 2. The van der Waals surface area contributed by atoms with Gasteiger partial charge in [0.05, 0.1) is 11.1 Å². The van der Waals surface area contributed by atoms with Crippen molar-refractivity contribution in [2.45, 2.75) is 33.6 Å². The number of carbonyl (C=O) groups is 1. The molecule has 2 N–H and O–H groups in total. The standard InChI is InChI=1S/C18H24N2O2/c1-13-8-9-14-6-4-7-15(16(14)20-13)17(22)19-11-5-10-18(2,3)12-21/h4,6-9,21H,5,10-12H2,1-3H3,(H,19,22). The summed E-state index contributed by atoms with van der Waals surface area (Å²) in [5, 5.41) is 13.1. The third-order valence-electron chi connectivity index (χ3n) is 3.85. The summed E-state index contributed by atoms with van der Waals surface area (Å²) in [6.07, 6.45) is 1.72. The van der Waals surface area contributed by atoms with Gasteiger partial charge in [0.1, 0.15) is 0 Å². The first-order valence-electron chi connectivity index (χ1n) is 7.68. The number of rotatable bonds is 6. The van der Waals surface area contributed by atoms with Crippen LogP contribution in [0.15, 0.2) is 30.3 Å². The molecule has 1 amide bonds. The largest absolute Gasteiger partial charge is 0.396 e. The summed E-state index contributed by atoms with van der Waals surface area (Å²) in [4.78, 5) is 16.8. The van der Waals surface area contributed by atoms with Crippen LogP contribution in [0.4, 0.5) is 0 Å². The van der Waals surface area contributed by atoms with Crippen molar-refractivity contribution >= 4 is 16.8 Å². The molecule has 0 bridgehead atoms. The molecule has 0 unspecified atom stereocenters. The number of fused-ring (bicyclic) bond motifs is 1. The van der Waals surface area contributed by atoms with E-state index in [1.54, 1.807) is 0 Å². The van der Waals surface area contributed by atoms with Crippen molar-refractivity contribution in [1.29, 1.82) is 0 Å². The number of carbonyl (C=O) groups excluding carboxylic acids is 1. The van der Waals surface area contributed by atoms with Crippen LogP contribution in [0, 0.1) is 12.3 Å². The lowest BCUT2D eigenvalue weighted by Crippen LogP contribution is -2.26. The van der Waals surface area contributed by atoms with Crippen molar-refractivity contribution in [2.24, 2.45) is 5.41 Å². The summed E-state index contributed by atoms with van der Waals surface area (Å²) < 4.78 is 0. The molecule has 0 saturated carbocycles. The second kappa shape index (κ2) is 6.88. The fraction of sp³-hybridized carbons (Fsp3) is 0.444. The molecule has 0 aliphatic carbocycles. The predicted molar refractivity (Wildman–Crippen MR) is 88.9 cm³/mol. The summed E-state index contributed by atoms with van der Waals surface area (Å²) in [5.41, 5.74) is 2.17. The molecule has 1 aromatic carbocycles. The second-order valence-corrected chi connectivity index (χ2v) is 6.51. The highest BCUT2D eigenvalue weighted by Crippen LogP contribution is 2.21. The predicted octanol–water partition coefficient (Wildman–Crippen LogP) is 3.07. The molecule has 0 radical (unpaired) electrons. The maximum absolute atomic E-state index is 12.4. The average molecular weight is 300 g/mol. The number of aliphatic hydroxyl groups excluding tert-OH is 1. The Hall–Kier alpha value is -1.94. The van der Waals surface area contributed by atoms with Crippen LogP contribution in [0.1, 0.15) is 42.7 Å². The Morgan fingerprint density at radius 3 is 2.77 bits per heavy atom. The third kappa shape index (κ3) is 4.04. The zero-order chi connectivity index (χ0) is 16.2. The third-order valence-corrected chi connectivity index (χ3v) is 3.85. The molecular weight excluding hydrogens is 276 g/mol. The Bertz CT molecular complexity index is 665. The number of aromatic nitrogens is 1. The summed E-state index contributed by atoms with van der Waals surface area (Å²) in [5.74, 6) is -0.0921. The van der Waals surface area contributed by atoms with Crippen molar-refractivity contribution < 1.29 is 9.90 Å². The van der Waals surface area contributed by atoms with Gasteiger partial charge < -0.3 is 10.4 Å². The second-order valence-electron chi connectivity index (χ2n) is 6.51. The number of nitrogens with zero attached hydrogens (tertiary/aromatic N) is 1. The van der Waals surface area contributed by atoms with Crippen LogP contribution in [0.2, 0.25) is 0 Å². The summed E-state index contributed by atoms with van der Waals surface area (Å²) in [6.45, 7) is 6.72. The smallest absolute Gasteiger partial charge is 0.253 e. The lowest BCUT2D eigenvalue weighted by atomic mass is 9.89. The van der Waals surface area contributed by atoms with Gasteiger partial charge in [-0.2, -0.15) is 0 Å². The maximum Gasteiger partial charge on any atom is 0.253 e. The molecule has 0 fully saturated rings. The van der Waals surface area contributed by atoms with E-state index in [2.05, 4.69) is 10.3 Å². The van der Waals surface area contributed by atoms with Crippen LogP contribution in [0.5, 0.6) is 0 Å². The van der Waals surface area contributed by atoms with Crippen LogP contribution >= 0.6 is 0 Å². The first-order chi connectivity index (χ1) is 10.4. The topological polar surface area (TPSA) is 62.2 Å². The van der Waals surface area contributed by atoms with E-state index in [1.807, 2.05) is 51.1 Å². The lowest BCUT2D eigenvalue weighted by Gasteiger charge is -2.21. The van der Waals surface area contributed by atoms with E-state index in [-0.39, 0.29) is 17.9 Å². The Morgan fingerprint density at radius 2 is 2.05 bits per heavy atom. The zero-order valence-electron chi connectivity index (χ0n) is 13.5. The van der Waals surface area contributed by atoms with E-state index >= 15 is 0 Å². The highest BCUT2D eigenvalue weighted by molar-refractivity contribution is 6.05. The molecule has 0 saturated heterocycles. The molecule has 0 aliphatic heterocycles. The zero-order valence-corrected chi connectivity index (χ0v) is 13.5. The molecule has 22 heavy (non-hydrogen) atoms. The summed E-state index contributed by atoms with van der Waals surface area (Å²) >= 11 is 0. The minimum Gasteiger partial charge on any atom is -0.396 e. The molecule has 2 aromatic rings. The van der Waals surface area contributed by atoms with Crippen molar-refractivity contribution in [3.05, 3.63) is 41.6 Å². The number of benzene rings is 1. The molecule has 1 heterocycles. The fourth-order valence-corrected chi connectivity index (χ4v) is 2.37. The van der Waals surface area contributed by atoms with Gasteiger partial charge in [-0.05, 0) is 37.3 Å². The summed E-state index contributed by atoms with van der Waals surface area (Å²) in [6, 6.07) is 9.58. The van der Waals surface area contributed by atoms with Crippen molar-refractivity contribution in [3.8, 4) is 0 Å². The number of nitrogens with one attached hydrogen (secondary N) is 1. The minimum atomic E-state index is -0.0944. The van der Waals surface area contributed by atoms with E-state index in [4.69, 9.17) is 0 Å². The van der Waals surface area contributed by atoms with Gasteiger partial charge in [-0.15, -0.1) is 0 Å². The molecule has 4 heteroatoms. The number of amides is 1. The summed E-state index contributed by atoms with van der Waals surface area (Å²) in [7, 11) is 0. The SMILES string of the molecule is Cc1ccc2cccc(C(=O)NCCCC(C)(C)CO)c2n1. The molecule has 0 spiro atoms. The van der Waals surface area contributed by atoms with Crippen LogP contribution in [-0.2, 0) is 0 Å². The first-order valence-corrected chi connectivity index (χ1v) is 7.68. The molecule has 4 nitrogen and oxygen atoms in total. The Labute approximate surface area is 131 Å². The molecule has 2 rings (SSSR count). The van der Waals surface area contributed by atoms with Crippen LogP contribution in [0.25, 0.3) is 10.9 Å². The van der Waals surface area contributed by atoms with Crippen molar-refractivity contribution in [2.75, 3.05) is 13.2 Å². The highest BCUT2D eigenvalue weighted by Gasteiger charge is 2.16. The number of aliphatic hydroxyl groups is 1. The Balaban J connectivity index is 2.03. The van der Waals surface area contributed by atoms with Crippen LogP contribution in [-0.4, -0.2) is 29.1 Å². The van der Waals surface area contributed by atoms with Gasteiger partial charge in [0, 0.05) is 24.2 Å². The van der Waals surface area contributed by atoms with Gasteiger partial charge in [-0.1, -0.05) is 32.0 Å². The highest BCUT2D eigenvalue weighted by atomic mass is 16.3. The monoisotopic (exact) mass is 300 g/mol. The first kappa shape index (κ1) is 16.4. The normalized spacial score (nSPS) is 11.6. The van der Waals surface area contributed by atoms with Gasteiger partial charge in [0.25, 0.3) is 5.91 Å². The van der Waals surface area contributed by atoms with E-state index in [1.165, 1.54) is 0 Å². The molecule has 118 valence electrons.